The Balaban J connectivity index is 1.87. The van der Waals surface area contributed by atoms with Crippen molar-refractivity contribution in [3.8, 4) is 0 Å². The molecule has 3 heteroatoms. The molecule has 0 unspecified atom stereocenters. The van der Waals surface area contributed by atoms with Crippen molar-refractivity contribution >= 4 is 29.5 Å². The van der Waals surface area contributed by atoms with E-state index in [1.807, 2.05) is 60.7 Å². The van der Waals surface area contributed by atoms with Crippen LogP contribution < -0.4 is 0 Å². The lowest BCUT2D eigenvalue weighted by Crippen LogP contribution is -2.30. The average Bonchev–Trinajstić information content (AvgIpc) is 2.78. The molecule has 0 saturated heterocycles. The van der Waals surface area contributed by atoms with E-state index in [0.717, 1.165) is 11.1 Å². The van der Waals surface area contributed by atoms with Gasteiger partial charge in [-0.15, -0.1) is 0 Å². The van der Waals surface area contributed by atoms with Crippen LogP contribution in [0.5, 0.6) is 0 Å². The Bertz CT molecular complexity index is 972. The first-order valence-corrected chi connectivity index (χ1v) is 9.28. The fraction of sp³-hybridized carbons (Fsp3) is 0.0385. The van der Waals surface area contributed by atoms with Crippen LogP contribution in [0.2, 0.25) is 0 Å². The predicted octanol–water partition coefficient (Wildman–Crippen LogP) is 5.05. The van der Waals surface area contributed by atoms with Gasteiger partial charge in [0.05, 0.1) is 0 Å². The van der Waals surface area contributed by atoms with E-state index in [2.05, 4.69) is 0 Å². The Hall–Kier alpha value is -3.85. The number of carbonyl (C=O) groups is 3. The molecule has 29 heavy (non-hydrogen) atoms. The highest BCUT2D eigenvalue weighted by atomic mass is 16.2. The molecule has 0 radical (unpaired) electrons. The van der Waals surface area contributed by atoms with E-state index in [4.69, 9.17) is 0 Å². The van der Waals surface area contributed by atoms with Crippen LogP contribution in [-0.4, -0.2) is 17.3 Å². The number of benzene rings is 3. The van der Waals surface area contributed by atoms with E-state index >= 15 is 0 Å². The molecule has 0 aliphatic heterocycles. The van der Waals surface area contributed by atoms with Gasteiger partial charge in [0.1, 0.15) is 5.92 Å². The van der Waals surface area contributed by atoms with Gasteiger partial charge < -0.3 is 0 Å². The quantitative estimate of drug-likeness (QED) is 0.312. The van der Waals surface area contributed by atoms with Crippen molar-refractivity contribution in [3.63, 3.8) is 0 Å². The topological polar surface area (TPSA) is 51.2 Å². The number of ketones is 3. The number of hydrogen-bond acceptors (Lipinski definition) is 3. The van der Waals surface area contributed by atoms with Crippen LogP contribution in [0.3, 0.4) is 0 Å². The third kappa shape index (κ3) is 5.56. The molecule has 3 aromatic carbocycles. The Morgan fingerprint density at radius 2 is 0.931 bits per heavy atom. The molecular weight excluding hydrogens is 360 g/mol. The van der Waals surface area contributed by atoms with Gasteiger partial charge in [-0.1, -0.05) is 103 Å². The second-order valence-electron chi connectivity index (χ2n) is 6.46. The number of Topliss-reactive ketones (excluding diaryl/α,β-unsaturated/α-hetero) is 1. The lowest BCUT2D eigenvalue weighted by atomic mass is 9.89. The van der Waals surface area contributed by atoms with Crippen LogP contribution in [0.1, 0.15) is 21.5 Å². The van der Waals surface area contributed by atoms with Crippen LogP contribution in [0, 0.1) is 5.92 Å². The molecule has 3 aromatic rings. The molecule has 0 aliphatic carbocycles. The molecule has 0 amide bonds. The molecule has 0 atom stereocenters. The van der Waals surface area contributed by atoms with E-state index in [9.17, 15) is 14.4 Å². The van der Waals surface area contributed by atoms with Gasteiger partial charge >= 0.3 is 0 Å². The summed E-state index contributed by atoms with van der Waals surface area (Å²) in [5, 5.41) is 0. The molecule has 0 bridgehead atoms. The lowest BCUT2D eigenvalue weighted by molar-refractivity contribution is -0.125. The van der Waals surface area contributed by atoms with Crippen LogP contribution in [0.15, 0.2) is 103 Å². The summed E-state index contributed by atoms with van der Waals surface area (Å²) in [6.07, 6.45) is 5.83. The predicted molar refractivity (Wildman–Crippen MR) is 115 cm³/mol. The molecule has 0 N–H and O–H groups in total. The molecular formula is C26H20O3. The SMILES string of the molecule is O=C(/C=C/c1ccccc1)C(C(=O)/C=C/c1ccccc1)C(=O)c1ccccc1. The van der Waals surface area contributed by atoms with Crippen LogP contribution in [0.25, 0.3) is 12.2 Å². The summed E-state index contributed by atoms with van der Waals surface area (Å²) in [5.74, 6) is -2.98. The van der Waals surface area contributed by atoms with Gasteiger partial charge in [0.25, 0.3) is 0 Å². The lowest BCUT2D eigenvalue weighted by Gasteiger charge is -2.10. The second kappa shape index (κ2) is 9.90. The van der Waals surface area contributed by atoms with Crippen molar-refractivity contribution in [2.45, 2.75) is 0 Å². The van der Waals surface area contributed by atoms with Crippen LogP contribution >= 0.6 is 0 Å². The first-order valence-electron chi connectivity index (χ1n) is 9.28. The van der Waals surface area contributed by atoms with Crippen molar-refractivity contribution in [1.29, 1.82) is 0 Å². The van der Waals surface area contributed by atoms with Gasteiger partial charge in [-0.25, -0.2) is 0 Å². The molecule has 0 saturated carbocycles. The number of rotatable bonds is 8. The van der Waals surface area contributed by atoms with E-state index in [0.29, 0.717) is 5.56 Å². The molecule has 3 nitrogen and oxygen atoms in total. The number of hydrogen-bond donors (Lipinski definition) is 0. The second-order valence-corrected chi connectivity index (χ2v) is 6.46. The van der Waals surface area contributed by atoms with Crippen LogP contribution in [0.4, 0.5) is 0 Å². The minimum atomic E-state index is -1.41. The maximum absolute atomic E-state index is 12.9. The fourth-order valence-electron chi connectivity index (χ4n) is 2.85. The largest absolute Gasteiger partial charge is 0.294 e. The normalized spacial score (nSPS) is 11.2. The van der Waals surface area contributed by atoms with Crippen molar-refractivity contribution in [1.82, 2.24) is 0 Å². The minimum absolute atomic E-state index is 0.334. The van der Waals surface area contributed by atoms with Crippen LogP contribution in [-0.2, 0) is 9.59 Å². The van der Waals surface area contributed by atoms with Crippen molar-refractivity contribution in [2.75, 3.05) is 0 Å². The van der Waals surface area contributed by atoms with Gasteiger partial charge in [-0.2, -0.15) is 0 Å². The van der Waals surface area contributed by atoms with Crippen molar-refractivity contribution in [2.24, 2.45) is 5.92 Å². The fourth-order valence-corrected chi connectivity index (χ4v) is 2.85. The maximum Gasteiger partial charge on any atom is 0.181 e. The summed E-state index contributed by atoms with van der Waals surface area (Å²) in [4.78, 5) is 38.6. The Morgan fingerprint density at radius 1 is 0.552 bits per heavy atom. The zero-order valence-corrected chi connectivity index (χ0v) is 15.8. The summed E-state index contributed by atoms with van der Waals surface area (Å²) in [6.45, 7) is 0. The van der Waals surface area contributed by atoms with Crippen molar-refractivity contribution < 1.29 is 14.4 Å². The summed E-state index contributed by atoms with van der Waals surface area (Å²) in [7, 11) is 0. The first kappa shape index (κ1) is 19.9. The average molecular weight is 380 g/mol. The molecule has 0 heterocycles. The third-order valence-corrected chi connectivity index (χ3v) is 4.37. The smallest absolute Gasteiger partial charge is 0.181 e. The summed E-state index contributed by atoms with van der Waals surface area (Å²) >= 11 is 0. The molecule has 3 rings (SSSR count). The van der Waals surface area contributed by atoms with Gasteiger partial charge in [-0.3, -0.25) is 14.4 Å². The Labute approximate surface area is 170 Å². The zero-order chi connectivity index (χ0) is 20.5. The minimum Gasteiger partial charge on any atom is -0.294 e. The highest BCUT2D eigenvalue weighted by Crippen LogP contribution is 2.15. The Morgan fingerprint density at radius 3 is 1.34 bits per heavy atom. The maximum atomic E-state index is 12.9. The third-order valence-electron chi connectivity index (χ3n) is 4.37. The zero-order valence-electron chi connectivity index (χ0n) is 15.8. The van der Waals surface area contributed by atoms with Gasteiger partial charge in [0.15, 0.2) is 17.3 Å². The number of carbonyl (C=O) groups excluding carboxylic acids is 3. The highest BCUT2D eigenvalue weighted by molar-refractivity contribution is 6.29. The van der Waals surface area contributed by atoms with E-state index in [-0.39, 0.29) is 0 Å². The molecule has 0 aromatic heterocycles. The summed E-state index contributed by atoms with van der Waals surface area (Å²) in [5.41, 5.74) is 1.97. The highest BCUT2D eigenvalue weighted by Gasteiger charge is 2.31. The first-order chi connectivity index (χ1) is 14.1. The molecule has 0 aliphatic rings. The van der Waals surface area contributed by atoms with Gasteiger partial charge in [0, 0.05) is 5.56 Å². The van der Waals surface area contributed by atoms with Crippen molar-refractivity contribution in [3.05, 3.63) is 120 Å². The van der Waals surface area contributed by atoms with Gasteiger partial charge in [0.2, 0.25) is 0 Å². The monoisotopic (exact) mass is 380 g/mol. The summed E-state index contributed by atoms with van der Waals surface area (Å²) in [6, 6.07) is 26.9. The van der Waals surface area contributed by atoms with E-state index in [1.54, 1.807) is 42.5 Å². The molecule has 0 fully saturated rings. The van der Waals surface area contributed by atoms with E-state index in [1.165, 1.54) is 12.2 Å². The molecule has 0 spiro atoms. The molecule has 142 valence electrons. The van der Waals surface area contributed by atoms with Gasteiger partial charge in [-0.05, 0) is 23.3 Å². The standard InChI is InChI=1S/C26H20O3/c27-23(18-16-20-10-4-1-5-11-20)25(26(29)22-14-8-3-9-15-22)24(28)19-17-21-12-6-2-7-13-21/h1-19,25H/b18-16+,19-17+. The number of allylic oxidation sites excluding steroid dienone is 2. The Kier molecular flexibility index (Phi) is 6.80. The van der Waals surface area contributed by atoms with E-state index < -0.39 is 23.3 Å². The summed E-state index contributed by atoms with van der Waals surface area (Å²) < 4.78 is 0.